The Labute approximate surface area is 295 Å². The van der Waals surface area contributed by atoms with E-state index in [1.165, 1.54) is 40.2 Å². The fraction of sp³-hybridized carbons (Fsp3) is 0.514. The van der Waals surface area contributed by atoms with Gasteiger partial charge in [-0.15, -0.1) is 0 Å². The van der Waals surface area contributed by atoms with E-state index >= 15 is 0 Å². The summed E-state index contributed by atoms with van der Waals surface area (Å²) in [5.74, 6) is 1.15. The lowest BCUT2D eigenvalue weighted by Gasteiger charge is -2.61. The minimum absolute atomic E-state index is 0.0160. The molecule has 5 aliphatic rings. The molecule has 1 amide bonds. The van der Waals surface area contributed by atoms with Crippen LogP contribution in [0.4, 0.5) is 42.0 Å². The number of alkyl halides is 3. The number of hydrogen-bond donors (Lipinski definition) is 3. The first-order valence-corrected chi connectivity index (χ1v) is 17.5. The molecular weight excluding hydrogens is 663 g/mol. The van der Waals surface area contributed by atoms with Crippen molar-refractivity contribution in [3.05, 3.63) is 59.3 Å². The van der Waals surface area contributed by atoms with Crippen molar-refractivity contribution in [2.75, 3.05) is 63.0 Å². The van der Waals surface area contributed by atoms with Gasteiger partial charge in [0.1, 0.15) is 17.1 Å². The molecule has 5 fully saturated rings. The van der Waals surface area contributed by atoms with E-state index in [1.54, 1.807) is 19.1 Å². The first kappa shape index (κ1) is 34.8. The number of aromatic nitrogens is 2. The predicted octanol–water partition coefficient (Wildman–Crippen LogP) is 6.15. The molecule has 2 aromatic carbocycles. The molecule has 3 aromatic rings. The summed E-state index contributed by atoms with van der Waals surface area (Å²) in [5, 5.41) is 8.30. The van der Waals surface area contributed by atoms with Gasteiger partial charge in [0, 0.05) is 57.2 Å². The summed E-state index contributed by atoms with van der Waals surface area (Å²) in [6.45, 7) is 5.22. The summed E-state index contributed by atoms with van der Waals surface area (Å²) in [5.41, 5.74) is 1.07. The third kappa shape index (κ3) is 6.54. The molecule has 0 spiro atoms. The zero-order chi connectivity index (χ0) is 36.1. The monoisotopic (exact) mass is 707 g/mol. The Bertz CT molecular complexity index is 1800. The largest absolute Gasteiger partial charge is 0.494 e. The number of methoxy groups -OCH3 is 2. The van der Waals surface area contributed by atoms with E-state index in [0.29, 0.717) is 47.0 Å². The number of rotatable bonds is 9. The van der Waals surface area contributed by atoms with Crippen LogP contribution in [0.3, 0.4) is 0 Å². The van der Waals surface area contributed by atoms with E-state index in [0.717, 1.165) is 51.1 Å². The highest BCUT2D eigenvalue weighted by atomic mass is 19.4. The van der Waals surface area contributed by atoms with E-state index in [1.807, 2.05) is 18.2 Å². The van der Waals surface area contributed by atoms with Crippen molar-refractivity contribution < 1.29 is 32.2 Å². The third-order valence-electron chi connectivity index (χ3n) is 11.5. The first-order chi connectivity index (χ1) is 24.4. The molecular formula is C37H44F3N7O4. The highest BCUT2D eigenvalue weighted by molar-refractivity contribution is 6.00. The average Bonchev–Trinajstić information content (AvgIpc) is 3.11. The highest BCUT2D eigenvalue weighted by Gasteiger charge is 2.60. The number of nitrogens with one attached hydrogen (secondary N) is 3. The van der Waals surface area contributed by atoms with Crippen molar-refractivity contribution in [2.45, 2.75) is 51.2 Å². The number of benzene rings is 2. The molecule has 14 heteroatoms. The van der Waals surface area contributed by atoms with Crippen molar-refractivity contribution in [1.29, 1.82) is 0 Å². The number of anilines is 5. The SMILES string of the molecule is CNC(=O)c1cccc(C)c1Nc1nc(Nc2ccc(N3CCN([C@H]4C5CC6CC4C[C@@](C(=O)OC)(C6)C5)CC3)cc2OC)ncc1C(F)(F)F. The molecule has 1 aromatic heterocycles. The van der Waals surface area contributed by atoms with Gasteiger partial charge < -0.3 is 30.3 Å². The number of piperazine rings is 1. The molecule has 4 aliphatic carbocycles. The number of amides is 1. The summed E-state index contributed by atoms with van der Waals surface area (Å²) in [6, 6.07) is 11.1. The average molecular weight is 708 g/mol. The second kappa shape index (κ2) is 13.5. The molecule has 4 saturated carbocycles. The maximum absolute atomic E-state index is 14.1. The van der Waals surface area contributed by atoms with Gasteiger partial charge in [-0.05, 0) is 80.5 Å². The first-order valence-electron chi connectivity index (χ1n) is 17.5. The van der Waals surface area contributed by atoms with Gasteiger partial charge in [-0.1, -0.05) is 12.1 Å². The van der Waals surface area contributed by atoms with Crippen LogP contribution in [0.5, 0.6) is 5.75 Å². The highest BCUT2D eigenvalue weighted by Crippen LogP contribution is 2.61. The summed E-state index contributed by atoms with van der Waals surface area (Å²) in [6.07, 6.45) is 1.23. The third-order valence-corrected chi connectivity index (χ3v) is 11.5. The fourth-order valence-corrected chi connectivity index (χ4v) is 9.46. The molecule has 2 atom stereocenters. The zero-order valence-electron chi connectivity index (χ0n) is 29.3. The summed E-state index contributed by atoms with van der Waals surface area (Å²) >= 11 is 0. The molecule has 2 heterocycles. The Morgan fingerprint density at radius 2 is 1.71 bits per heavy atom. The van der Waals surface area contributed by atoms with Crippen LogP contribution < -0.4 is 25.6 Å². The maximum atomic E-state index is 14.1. The van der Waals surface area contributed by atoms with E-state index in [4.69, 9.17) is 9.47 Å². The van der Waals surface area contributed by atoms with Gasteiger partial charge >= 0.3 is 12.1 Å². The van der Waals surface area contributed by atoms with Crippen molar-refractivity contribution in [1.82, 2.24) is 20.2 Å². The number of carbonyl (C=O) groups is 2. The predicted molar refractivity (Wildman–Crippen MR) is 187 cm³/mol. The number of esters is 1. The molecule has 8 rings (SSSR count). The summed E-state index contributed by atoms with van der Waals surface area (Å²) in [4.78, 5) is 38.4. The van der Waals surface area contributed by atoms with Crippen molar-refractivity contribution in [2.24, 2.45) is 23.2 Å². The number of ether oxygens (including phenoxy) is 2. The standard InChI is InChI=1S/C37H44F3N7O4/c1-21-6-5-7-26(33(48)41-2)30(21)44-32-27(37(38,39)40)20-42-35(45-32)43-28-9-8-25(16-29(28)50-3)46-10-12-47(13-11-46)31-23-14-22-15-24(31)19-36(17-22,18-23)34(49)51-4/h5-9,16,20,22-24,31H,10-15,17-19H2,1-4H3,(H,41,48)(H2,42,43,44,45)/t22?,23?,24?,31-,36+. The van der Waals surface area contributed by atoms with Gasteiger partial charge in [-0.3, -0.25) is 14.5 Å². The topological polar surface area (TPSA) is 121 Å². The Hall–Kier alpha value is -4.59. The molecule has 51 heavy (non-hydrogen) atoms. The van der Waals surface area contributed by atoms with Crippen LogP contribution in [0.2, 0.25) is 0 Å². The Balaban J connectivity index is 1.06. The van der Waals surface area contributed by atoms with Crippen LogP contribution in [-0.4, -0.2) is 80.2 Å². The lowest BCUT2D eigenvalue weighted by molar-refractivity contribution is -0.176. The molecule has 11 nitrogen and oxygen atoms in total. The van der Waals surface area contributed by atoms with Crippen LogP contribution in [0.15, 0.2) is 42.6 Å². The number of aryl methyl sites for hydroxylation is 1. The van der Waals surface area contributed by atoms with Crippen LogP contribution in [0.1, 0.15) is 53.6 Å². The number of carbonyl (C=O) groups excluding carboxylic acids is 2. The van der Waals surface area contributed by atoms with Crippen molar-refractivity contribution in [3.8, 4) is 5.75 Å². The Morgan fingerprint density at radius 1 is 0.980 bits per heavy atom. The smallest absolute Gasteiger partial charge is 0.421 e. The molecule has 1 saturated heterocycles. The minimum atomic E-state index is -4.75. The van der Waals surface area contributed by atoms with E-state index in [9.17, 15) is 22.8 Å². The van der Waals surface area contributed by atoms with Gasteiger partial charge in [-0.2, -0.15) is 18.2 Å². The van der Waals surface area contributed by atoms with Gasteiger partial charge in [0.2, 0.25) is 5.95 Å². The number of nitrogens with zero attached hydrogens (tertiary/aromatic N) is 4. The van der Waals surface area contributed by atoms with Gasteiger partial charge in [0.15, 0.2) is 0 Å². The molecule has 272 valence electrons. The molecule has 3 N–H and O–H groups in total. The van der Waals surface area contributed by atoms with E-state index < -0.39 is 23.5 Å². The lowest BCUT2D eigenvalue weighted by Crippen LogP contribution is -2.63. The maximum Gasteiger partial charge on any atom is 0.421 e. The fourth-order valence-electron chi connectivity index (χ4n) is 9.46. The second-order valence-electron chi connectivity index (χ2n) is 14.4. The Kier molecular flexibility index (Phi) is 9.23. The molecule has 2 unspecified atom stereocenters. The van der Waals surface area contributed by atoms with E-state index in [-0.39, 0.29) is 28.6 Å². The number of hydrogen-bond acceptors (Lipinski definition) is 10. The van der Waals surface area contributed by atoms with Crippen molar-refractivity contribution >= 4 is 40.7 Å². The minimum Gasteiger partial charge on any atom is -0.494 e. The number of halogens is 3. The van der Waals surface area contributed by atoms with Crippen LogP contribution >= 0.6 is 0 Å². The van der Waals surface area contributed by atoms with Gasteiger partial charge in [-0.25, -0.2) is 4.98 Å². The summed E-state index contributed by atoms with van der Waals surface area (Å²) < 4.78 is 53.2. The van der Waals surface area contributed by atoms with Gasteiger partial charge in [0.25, 0.3) is 5.91 Å². The summed E-state index contributed by atoms with van der Waals surface area (Å²) in [7, 11) is 4.51. The van der Waals surface area contributed by atoms with E-state index in [2.05, 4.69) is 35.7 Å². The molecule has 1 aliphatic heterocycles. The molecule has 0 radical (unpaired) electrons. The van der Waals surface area contributed by atoms with Crippen molar-refractivity contribution in [3.63, 3.8) is 0 Å². The normalized spacial score (nSPS) is 25.7. The molecule has 4 bridgehead atoms. The van der Waals surface area contributed by atoms with Crippen LogP contribution in [-0.2, 0) is 15.7 Å². The lowest BCUT2D eigenvalue weighted by atomic mass is 9.47. The van der Waals surface area contributed by atoms with Gasteiger partial charge in [0.05, 0.1) is 36.6 Å². The van der Waals surface area contributed by atoms with Crippen LogP contribution in [0, 0.1) is 30.1 Å². The quantitative estimate of drug-likeness (QED) is 0.224. The second-order valence-corrected chi connectivity index (χ2v) is 14.4. The zero-order valence-corrected chi connectivity index (χ0v) is 29.3. The Morgan fingerprint density at radius 3 is 2.35 bits per heavy atom. The van der Waals surface area contributed by atoms with Crippen LogP contribution in [0.25, 0.3) is 0 Å². The number of para-hydroxylation sites is 1.